The van der Waals surface area contributed by atoms with Crippen LogP contribution >= 0.6 is 0 Å². The lowest BCUT2D eigenvalue weighted by Gasteiger charge is -2.32. The average Bonchev–Trinajstić information content (AvgIpc) is 3.06. The fraction of sp³-hybridized carbons (Fsp3) is 0.562. The Labute approximate surface area is 140 Å². The zero-order valence-electron chi connectivity index (χ0n) is 13.8. The number of piperidine rings is 1. The van der Waals surface area contributed by atoms with E-state index >= 15 is 0 Å². The second kappa shape index (κ2) is 6.18. The molecule has 1 saturated heterocycles. The van der Waals surface area contributed by atoms with Gasteiger partial charge in [-0.2, -0.15) is 0 Å². The van der Waals surface area contributed by atoms with Crippen molar-refractivity contribution < 1.29 is 4.79 Å². The molecule has 1 fully saturated rings. The van der Waals surface area contributed by atoms with Crippen molar-refractivity contribution in [1.29, 1.82) is 0 Å². The van der Waals surface area contributed by atoms with Gasteiger partial charge in [-0.3, -0.25) is 4.79 Å². The van der Waals surface area contributed by atoms with Gasteiger partial charge in [0, 0.05) is 51.4 Å². The Balaban J connectivity index is 1.45. The molecule has 0 atom stereocenters. The van der Waals surface area contributed by atoms with Crippen LogP contribution < -0.4 is 4.90 Å². The molecule has 8 heteroatoms. The van der Waals surface area contributed by atoms with Crippen LogP contribution in [0.4, 0.5) is 5.95 Å². The summed E-state index contributed by atoms with van der Waals surface area (Å²) < 4.78 is 2.21. The van der Waals surface area contributed by atoms with Crippen molar-refractivity contribution in [3.05, 3.63) is 30.1 Å². The van der Waals surface area contributed by atoms with Gasteiger partial charge in [0.1, 0.15) is 5.82 Å². The minimum Gasteiger partial charge on any atom is -0.341 e. The fourth-order valence-corrected chi connectivity index (χ4v) is 3.54. The van der Waals surface area contributed by atoms with E-state index in [1.165, 1.54) is 0 Å². The first-order valence-electron chi connectivity index (χ1n) is 8.42. The first-order chi connectivity index (χ1) is 11.7. The second-order valence-electron chi connectivity index (χ2n) is 6.38. The molecule has 0 unspecified atom stereocenters. The number of aromatic nitrogens is 5. The number of anilines is 1. The van der Waals surface area contributed by atoms with E-state index in [2.05, 4.69) is 29.6 Å². The Bertz CT molecular complexity index is 721. The van der Waals surface area contributed by atoms with Gasteiger partial charge in [0.2, 0.25) is 11.9 Å². The zero-order valence-corrected chi connectivity index (χ0v) is 13.8. The molecule has 2 aliphatic rings. The van der Waals surface area contributed by atoms with Gasteiger partial charge in [-0.05, 0) is 18.9 Å². The van der Waals surface area contributed by atoms with Crippen LogP contribution in [-0.4, -0.2) is 55.2 Å². The molecule has 4 rings (SSSR count). The van der Waals surface area contributed by atoms with E-state index < -0.39 is 0 Å². The highest BCUT2D eigenvalue weighted by atomic mass is 16.2. The summed E-state index contributed by atoms with van der Waals surface area (Å²) in [6.07, 6.45) is 5.60. The van der Waals surface area contributed by atoms with E-state index in [4.69, 9.17) is 0 Å². The Kier molecular flexibility index (Phi) is 3.87. The van der Waals surface area contributed by atoms with E-state index in [1.807, 2.05) is 11.0 Å². The third-order valence-corrected chi connectivity index (χ3v) is 4.92. The molecular formula is C16H21N7O. The predicted molar refractivity (Wildman–Crippen MR) is 87.3 cm³/mol. The minimum absolute atomic E-state index is 0.0990. The SMILES string of the molecule is CC(=O)N1CCn2c(nnc2C2CCN(c3ncccn3)CC2)C1. The lowest BCUT2D eigenvalue weighted by atomic mass is 9.96. The molecule has 2 aliphatic heterocycles. The van der Waals surface area contributed by atoms with Gasteiger partial charge in [0.25, 0.3) is 0 Å². The quantitative estimate of drug-likeness (QED) is 0.812. The average molecular weight is 327 g/mol. The highest BCUT2D eigenvalue weighted by Crippen LogP contribution is 2.29. The summed E-state index contributed by atoms with van der Waals surface area (Å²) >= 11 is 0. The van der Waals surface area contributed by atoms with Gasteiger partial charge < -0.3 is 14.4 Å². The molecule has 0 bridgehead atoms. The number of hydrogen-bond donors (Lipinski definition) is 0. The lowest BCUT2D eigenvalue weighted by molar-refractivity contribution is -0.130. The second-order valence-corrected chi connectivity index (χ2v) is 6.38. The van der Waals surface area contributed by atoms with Gasteiger partial charge in [0.05, 0.1) is 6.54 Å². The maximum atomic E-state index is 11.5. The van der Waals surface area contributed by atoms with Gasteiger partial charge in [-0.15, -0.1) is 10.2 Å². The molecule has 4 heterocycles. The molecule has 24 heavy (non-hydrogen) atoms. The number of carbonyl (C=O) groups excluding carboxylic acids is 1. The monoisotopic (exact) mass is 327 g/mol. The molecule has 2 aromatic heterocycles. The maximum Gasteiger partial charge on any atom is 0.225 e. The molecule has 0 spiro atoms. The number of amides is 1. The van der Waals surface area contributed by atoms with E-state index in [-0.39, 0.29) is 5.91 Å². The van der Waals surface area contributed by atoms with Crippen LogP contribution in [0.15, 0.2) is 18.5 Å². The van der Waals surface area contributed by atoms with Crippen molar-refractivity contribution in [3.63, 3.8) is 0 Å². The minimum atomic E-state index is 0.0990. The zero-order chi connectivity index (χ0) is 16.5. The number of hydrogen-bond acceptors (Lipinski definition) is 6. The highest BCUT2D eigenvalue weighted by molar-refractivity contribution is 5.73. The fourth-order valence-electron chi connectivity index (χ4n) is 3.54. The highest BCUT2D eigenvalue weighted by Gasteiger charge is 2.29. The Morgan fingerprint density at radius 2 is 1.83 bits per heavy atom. The van der Waals surface area contributed by atoms with Crippen LogP contribution in [0.25, 0.3) is 0 Å². The Hall–Kier alpha value is -2.51. The molecule has 0 saturated carbocycles. The van der Waals surface area contributed by atoms with Crippen LogP contribution in [0.2, 0.25) is 0 Å². The molecule has 0 N–H and O–H groups in total. The predicted octanol–water partition coefficient (Wildman–Crippen LogP) is 0.814. The smallest absolute Gasteiger partial charge is 0.225 e. The number of carbonyl (C=O) groups is 1. The number of nitrogens with zero attached hydrogens (tertiary/aromatic N) is 7. The third kappa shape index (κ3) is 2.72. The van der Waals surface area contributed by atoms with Crippen LogP contribution in [-0.2, 0) is 17.9 Å². The largest absolute Gasteiger partial charge is 0.341 e. The normalized spacial score (nSPS) is 18.5. The van der Waals surface area contributed by atoms with E-state index in [0.717, 1.165) is 56.6 Å². The lowest BCUT2D eigenvalue weighted by Crippen LogP contribution is -2.38. The summed E-state index contributed by atoms with van der Waals surface area (Å²) in [5.41, 5.74) is 0. The Morgan fingerprint density at radius 1 is 1.08 bits per heavy atom. The Morgan fingerprint density at radius 3 is 2.54 bits per heavy atom. The van der Waals surface area contributed by atoms with Crippen molar-refractivity contribution >= 4 is 11.9 Å². The molecular weight excluding hydrogens is 306 g/mol. The van der Waals surface area contributed by atoms with Crippen molar-refractivity contribution in [2.24, 2.45) is 0 Å². The van der Waals surface area contributed by atoms with Crippen molar-refractivity contribution in [3.8, 4) is 0 Å². The maximum absolute atomic E-state index is 11.5. The first kappa shape index (κ1) is 15.0. The van der Waals surface area contributed by atoms with Crippen LogP contribution in [0.5, 0.6) is 0 Å². The molecule has 8 nitrogen and oxygen atoms in total. The van der Waals surface area contributed by atoms with E-state index in [0.29, 0.717) is 12.5 Å². The summed E-state index contributed by atoms with van der Waals surface area (Å²) in [7, 11) is 0. The molecule has 126 valence electrons. The van der Waals surface area contributed by atoms with Gasteiger partial charge in [0.15, 0.2) is 5.82 Å². The molecule has 0 aromatic carbocycles. The summed E-state index contributed by atoms with van der Waals surface area (Å²) in [5, 5.41) is 8.76. The molecule has 2 aromatic rings. The molecule has 1 amide bonds. The van der Waals surface area contributed by atoms with Gasteiger partial charge in [-0.25, -0.2) is 9.97 Å². The number of rotatable bonds is 2. The summed E-state index contributed by atoms with van der Waals surface area (Å²) in [6.45, 7) is 5.56. The van der Waals surface area contributed by atoms with Crippen LogP contribution in [0.3, 0.4) is 0 Å². The molecule has 0 radical (unpaired) electrons. The summed E-state index contributed by atoms with van der Waals surface area (Å²) in [5.74, 6) is 3.29. The van der Waals surface area contributed by atoms with Crippen molar-refractivity contribution in [2.45, 2.75) is 38.8 Å². The topological polar surface area (TPSA) is 80.0 Å². The van der Waals surface area contributed by atoms with Crippen LogP contribution in [0, 0.1) is 0 Å². The van der Waals surface area contributed by atoms with Crippen molar-refractivity contribution in [1.82, 2.24) is 29.6 Å². The van der Waals surface area contributed by atoms with Crippen LogP contribution in [0.1, 0.15) is 37.3 Å². The standard InChI is InChI=1S/C16H21N7O/c1-12(24)22-9-10-23-14(11-22)19-20-15(23)13-3-7-21(8-4-13)16-17-5-2-6-18-16/h2,5-6,13H,3-4,7-11H2,1H3. The third-order valence-electron chi connectivity index (χ3n) is 4.92. The number of fused-ring (bicyclic) bond motifs is 1. The van der Waals surface area contributed by atoms with E-state index in [1.54, 1.807) is 19.3 Å². The first-order valence-corrected chi connectivity index (χ1v) is 8.42. The van der Waals surface area contributed by atoms with Gasteiger partial charge >= 0.3 is 0 Å². The molecule has 0 aliphatic carbocycles. The van der Waals surface area contributed by atoms with Gasteiger partial charge in [-0.1, -0.05) is 0 Å². The van der Waals surface area contributed by atoms with Crippen molar-refractivity contribution in [2.75, 3.05) is 24.5 Å². The summed E-state index contributed by atoms with van der Waals surface area (Å²) in [4.78, 5) is 24.2. The summed E-state index contributed by atoms with van der Waals surface area (Å²) in [6, 6.07) is 1.84. The van der Waals surface area contributed by atoms with E-state index in [9.17, 15) is 4.79 Å².